The van der Waals surface area contributed by atoms with Gasteiger partial charge in [-0.3, -0.25) is 0 Å². The van der Waals surface area contributed by atoms with Crippen LogP contribution in [-0.4, -0.2) is 19.9 Å². The number of fused-ring (bicyclic) bond motifs is 5. The molecule has 7 atom stereocenters. The SMILES string of the molecule is C[C@@H]1C=C[C@H]2[C@@H]3CCC4=CCCC(S(C)(=O)=O)[C@]4(C)[C@H]3CC[C@]12C. The number of hydrogen-bond donors (Lipinski definition) is 0. The van der Waals surface area contributed by atoms with Gasteiger partial charge in [0, 0.05) is 11.7 Å². The van der Waals surface area contributed by atoms with Gasteiger partial charge in [0.1, 0.15) is 0 Å². The summed E-state index contributed by atoms with van der Waals surface area (Å²) in [6, 6.07) is 0. The van der Waals surface area contributed by atoms with E-state index in [0.717, 1.165) is 19.3 Å². The van der Waals surface area contributed by atoms with Crippen molar-refractivity contribution < 1.29 is 8.42 Å². The van der Waals surface area contributed by atoms with Gasteiger partial charge in [-0.1, -0.05) is 44.6 Å². The van der Waals surface area contributed by atoms with Gasteiger partial charge in [-0.15, -0.1) is 0 Å². The maximum atomic E-state index is 12.6. The molecular formula is C21H32O2S. The van der Waals surface area contributed by atoms with Crippen LogP contribution in [0.2, 0.25) is 0 Å². The molecule has 0 heterocycles. The molecule has 1 unspecified atom stereocenters. The molecule has 2 nitrogen and oxygen atoms in total. The van der Waals surface area contributed by atoms with Gasteiger partial charge in [0.05, 0.1) is 5.25 Å². The van der Waals surface area contributed by atoms with E-state index in [2.05, 4.69) is 39.0 Å². The average Bonchev–Trinajstić information content (AvgIpc) is 2.81. The van der Waals surface area contributed by atoms with Crippen LogP contribution >= 0.6 is 0 Å². The molecule has 2 saturated carbocycles. The van der Waals surface area contributed by atoms with Crippen molar-refractivity contribution in [1.29, 1.82) is 0 Å². The number of allylic oxidation sites excluding steroid dienone is 4. The fourth-order valence-corrected chi connectivity index (χ4v) is 8.86. The minimum Gasteiger partial charge on any atom is -0.229 e. The van der Waals surface area contributed by atoms with Crippen LogP contribution in [0.1, 0.15) is 59.3 Å². The van der Waals surface area contributed by atoms with E-state index < -0.39 is 9.84 Å². The molecule has 4 aliphatic carbocycles. The molecule has 0 aromatic rings. The van der Waals surface area contributed by atoms with E-state index in [4.69, 9.17) is 0 Å². The molecule has 2 fully saturated rings. The van der Waals surface area contributed by atoms with Gasteiger partial charge in [0.2, 0.25) is 0 Å². The Balaban J connectivity index is 1.77. The van der Waals surface area contributed by atoms with Gasteiger partial charge in [-0.05, 0) is 67.6 Å². The van der Waals surface area contributed by atoms with Crippen LogP contribution < -0.4 is 0 Å². The highest BCUT2D eigenvalue weighted by Crippen LogP contribution is 2.65. The number of sulfone groups is 1. The molecule has 4 rings (SSSR count). The molecule has 0 amide bonds. The van der Waals surface area contributed by atoms with E-state index in [1.807, 2.05) is 0 Å². The highest BCUT2D eigenvalue weighted by atomic mass is 32.2. The monoisotopic (exact) mass is 348 g/mol. The van der Waals surface area contributed by atoms with Crippen molar-refractivity contribution in [2.45, 2.75) is 64.5 Å². The lowest BCUT2D eigenvalue weighted by Crippen LogP contribution is -2.55. The van der Waals surface area contributed by atoms with Crippen LogP contribution in [0.15, 0.2) is 23.8 Å². The highest BCUT2D eigenvalue weighted by molar-refractivity contribution is 7.91. The lowest BCUT2D eigenvalue weighted by Gasteiger charge is -2.59. The maximum absolute atomic E-state index is 12.6. The molecule has 134 valence electrons. The molecule has 24 heavy (non-hydrogen) atoms. The molecule has 0 aromatic carbocycles. The second-order valence-corrected chi connectivity index (χ2v) is 11.7. The summed E-state index contributed by atoms with van der Waals surface area (Å²) < 4.78 is 25.2. The Labute approximate surface area is 147 Å². The zero-order chi connectivity index (χ0) is 17.3. The van der Waals surface area contributed by atoms with Crippen molar-refractivity contribution in [3.63, 3.8) is 0 Å². The Morgan fingerprint density at radius 1 is 1.12 bits per heavy atom. The zero-order valence-electron chi connectivity index (χ0n) is 15.6. The van der Waals surface area contributed by atoms with E-state index >= 15 is 0 Å². The van der Waals surface area contributed by atoms with Gasteiger partial charge in [0.15, 0.2) is 9.84 Å². The maximum Gasteiger partial charge on any atom is 0.151 e. The third-order valence-electron chi connectivity index (χ3n) is 8.60. The summed E-state index contributed by atoms with van der Waals surface area (Å²) in [4.78, 5) is 0. The quantitative estimate of drug-likeness (QED) is 0.639. The molecule has 3 heteroatoms. The summed E-state index contributed by atoms with van der Waals surface area (Å²) in [5.41, 5.74) is 1.73. The Morgan fingerprint density at radius 2 is 1.88 bits per heavy atom. The molecule has 0 aliphatic heterocycles. The second-order valence-electron chi connectivity index (χ2n) is 9.46. The first-order chi connectivity index (χ1) is 11.2. The summed E-state index contributed by atoms with van der Waals surface area (Å²) in [6.45, 7) is 7.14. The molecular weight excluding hydrogens is 316 g/mol. The second kappa shape index (κ2) is 5.22. The third-order valence-corrected chi connectivity index (χ3v) is 10.4. The fourth-order valence-electron chi connectivity index (χ4n) is 7.08. The van der Waals surface area contributed by atoms with E-state index in [0.29, 0.717) is 29.1 Å². The molecule has 0 N–H and O–H groups in total. The average molecular weight is 349 g/mol. The largest absolute Gasteiger partial charge is 0.229 e. The van der Waals surface area contributed by atoms with Crippen molar-refractivity contribution in [1.82, 2.24) is 0 Å². The normalized spacial score (nSPS) is 50.7. The lowest BCUT2D eigenvalue weighted by atomic mass is 9.46. The summed E-state index contributed by atoms with van der Waals surface area (Å²) in [6.07, 6.45) is 15.3. The van der Waals surface area contributed by atoms with Gasteiger partial charge < -0.3 is 0 Å². The molecule has 0 radical (unpaired) electrons. The predicted molar refractivity (Wildman–Crippen MR) is 99.4 cm³/mol. The van der Waals surface area contributed by atoms with Crippen LogP contribution in [0.4, 0.5) is 0 Å². The van der Waals surface area contributed by atoms with Crippen molar-refractivity contribution in [2.75, 3.05) is 6.26 Å². The van der Waals surface area contributed by atoms with E-state index in [9.17, 15) is 8.42 Å². The van der Waals surface area contributed by atoms with E-state index in [1.165, 1.54) is 31.1 Å². The highest BCUT2D eigenvalue weighted by Gasteiger charge is 2.60. The van der Waals surface area contributed by atoms with E-state index in [-0.39, 0.29) is 10.7 Å². The van der Waals surface area contributed by atoms with Crippen molar-refractivity contribution in [2.24, 2.45) is 34.5 Å². The van der Waals surface area contributed by atoms with Crippen molar-refractivity contribution >= 4 is 9.84 Å². The van der Waals surface area contributed by atoms with Gasteiger partial charge in [0.25, 0.3) is 0 Å². The standard InChI is InChI=1S/C21H32O2S/c1-14-8-11-17-16-10-9-15-6-5-7-19(24(4,22)23)21(15,3)18(16)12-13-20(14,17)2/h6,8,11,14,16-19H,5,7,9-10,12-13H2,1-4H3/t14-,16+,17+,18+,19?,20-,21+/m1/s1. The van der Waals surface area contributed by atoms with Crippen LogP contribution in [0.3, 0.4) is 0 Å². The van der Waals surface area contributed by atoms with Crippen molar-refractivity contribution in [3.8, 4) is 0 Å². The summed E-state index contributed by atoms with van der Waals surface area (Å²) in [5, 5.41) is -0.176. The van der Waals surface area contributed by atoms with Gasteiger partial charge in [-0.2, -0.15) is 0 Å². The van der Waals surface area contributed by atoms with Crippen LogP contribution in [0, 0.1) is 34.5 Å². The van der Waals surface area contributed by atoms with Gasteiger partial charge in [-0.25, -0.2) is 8.42 Å². The molecule has 0 spiro atoms. The Morgan fingerprint density at radius 3 is 2.58 bits per heavy atom. The minimum atomic E-state index is -3.01. The van der Waals surface area contributed by atoms with Gasteiger partial charge >= 0.3 is 0 Å². The summed E-state index contributed by atoms with van der Waals surface area (Å²) >= 11 is 0. The molecule has 4 aliphatic rings. The zero-order valence-corrected chi connectivity index (χ0v) is 16.4. The van der Waals surface area contributed by atoms with Crippen LogP contribution in [0.5, 0.6) is 0 Å². The number of rotatable bonds is 1. The lowest BCUT2D eigenvalue weighted by molar-refractivity contribution is -0.0366. The first-order valence-corrected chi connectivity index (χ1v) is 11.7. The van der Waals surface area contributed by atoms with Crippen LogP contribution in [0.25, 0.3) is 0 Å². The smallest absolute Gasteiger partial charge is 0.151 e. The fraction of sp³-hybridized carbons (Fsp3) is 0.810. The Bertz CT molecular complexity index is 703. The Kier molecular flexibility index (Phi) is 3.67. The summed E-state index contributed by atoms with van der Waals surface area (Å²) in [5.74, 6) is 2.50. The molecule has 0 saturated heterocycles. The first kappa shape index (κ1) is 16.9. The Hall–Kier alpha value is -0.570. The number of hydrogen-bond acceptors (Lipinski definition) is 2. The third kappa shape index (κ3) is 2.09. The molecule has 0 bridgehead atoms. The summed E-state index contributed by atoms with van der Waals surface area (Å²) in [7, 11) is -3.01. The van der Waals surface area contributed by atoms with Crippen molar-refractivity contribution in [3.05, 3.63) is 23.8 Å². The topological polar surface area (TPSA) is 34.1 Å². The van der Waals surface area contributed by atoms with Crippen LogP contribution in [-0.2, 0) is 9.84 Å². The molecule has 0 aromatic heterocycles. The minimum absolute atomic E-state index is 0.129. The predicted octanol–water partition coefficient (Wildman–Crippen LogP) is 4.77. The van der Waals surface area contributed by atoms with E-state index in [1.54, 1.807) is 0 Å². The first-order valence-electron chi connectivity index (χ1n) is 9.75.